The third kappa shape index (κ3) is 6.24. The number of hydrogen-bond donors (Lipinski definition) is 2. The highest BCUT2D eigenvalue weighted by molar-refractivity contribution is 5.71. The lowest BCUT2D eigenvalue weighted by Gasteiger charge is -2.25. The van der Waals surface area contributed by atoms with Crippen LogP contribution in [0, 0.1) is 0 Å². The van der Waals surface area contributed by atoms with Crippen molar-refractivity contribution < 1.29 is 29.3 Å². The van der Waals surface area contributed by atoms with Gasteiger partial charge in [0.1, 0.15) is 0 Å². The molecule has 2 N–H and O–H groups in total. The zero-order valence-electron chi connectivity index (χ0n) is 10.9. The van der Waals surface area contributed by atoms with Crippen molar-refractivity contribution in [2.75, 3.05) is 0 Å². The van der Waals surface area contributed by atoms with Crippen LogP contribution in [-0.2, 0) is 19.1 Å². The largest absolute Gasteiger partial charge is 0.513 e. The van der Waals surface area contributed by atoms with Gasteiger partial charge < -0.3 is 19.7 Å². The molecule has 0 aliphatic heterocycles. The molecule has 6 nitrogen and oxygen atoms in total. The van der Waals surface area contributed by atoms with Gasteiger partial charge in [-0.25, -0.2) is 0 Å². The van der Waals surface area contributed by atoms with Crippen molar-refractivity contribution in [1.29, 1.82) is 0 Å². The van der Waals surface area contributed by atoms with Crippen LogP contribution in [0.15, 0.2) is 11.8 Å². The Bertz CT molecular complexity index is 303. The SMILES string of the molecule is CCC(=O)OC(O)(C/C=C(\O)CC)OC(=O)CC. The summed E-state index contributed by atoms with van der Waals surface area (Å²) in [7, 11) is 0. The predicted molar refractivity (Wildman–Crippen MR) is 63.3 cm³/mol. The number of esters is 2. The number of carbonyl (C=O) groups excluding carboxylic acids is 2. The van der Waals surface area contributed by atoms with E-state index >= 15 is 0 Å². The number of aliphatic hydroxyl groups is 2. The smallest absolute Gasteiger partial charge is 0.377 e. The van der Waals surface area contributed by atoms with Gasteiger partial charge in [-0.3, -0.25) is 9.59 Å². The van der Waals surface area contributed by atoms with Gasteiger partial charge in [-0.15, -0.1) is 0 Å². The fraction of sp³-hybridized carbons (Fsp3) is 0.667. The van der Waals surface area contributed by atoms with Crippen molar-refractivity contribution >= 4 is 11.9 Å². The van der Waals surface area contributed by atoms with E-state index in [4.69, 9.17) is 0 Å². The molecule has 0 rings (SSSR count). The first-order valence-electron chi connectivity index (χ1n) is 5.90. The average Bonchev–Trinajstić information content (AvgIpc) is 2.35. The molecule has 0 unspecified atom stereocenters. The molecular weight excluding hydrogens is 240 g/mol. The van der Waals surface area contributed by atoms with E-state index in [1.165, 1.54) is 6.08 Å². The first-order valence-corrected chi connectivity index (χ1v) is 5.90. The Hall–Kier alpha value is -1.56. The molecule has 0 aromatic carbocycles. The maximum Gasteiger partial charge on any atom is 0.377 e. The number of ether oxygens (including phenoxy) is 2. The van der Waals surface area contributed by atoms with E-state index in [1.54, 1.807) is 20.8 Å². The summed E-state index contributed by atoms with van der Waals surface area (Å²) in [5, 5.41) is 19.2. The number of hydrogen-bond acceptors (Lipinski definition) is 6. The molecule has 0 saturated carbocycles. The number of aliphatic hydroxyl groups excluding tert-OH is 1. The minimum Gasteiger partial charge on any atom is -0.513 e. The van der Waals surface area contributed by atoms with Crippen molar-refractivity contribution in [1.82, 2.24) is 0 Å². The molecule has 0 fully saturated rings. The molecule has 0 aromatic heterocycles. The molecule has 0 amide bonds. The average molecular weight is 260 g/mol. The van der Waals surface area contributed by atoms with E-state index in [9.17, 15) is 19.8 Å². The van der Waals surface area contributed by atoms with E-state index < -0.39 is 17.9 Å². The summed E-state index contributed by atoms with van der Waals surface area (Å²) < 4.78 is 9.34. The van der Waals surface area contributed by atoms with Crippen molar-refractivity contribution in [3.05, 3.63) is 11.8 Å². The highest BCUT2D eigenvalue weighted by atomic mass is 16.8. The molecule has 0 aliphatic carbocycles. The van der Waals surface area contributed by atoms with Gasteiger partial charge in [-0.1, -0.05) is 20.8 Å². The van der Waals surface area contributed by atoms with E-state index in [0.29, 0.717) is 6.42 Å². The zero-order valence-corrected chi connectivity index (χ0v) is 10.9. The maximum absolute atomic E-state index is 11.2. The van der Waals surface area contributed by atoms with Crippen LogP contribution in [0.2, 0.25) is 0 Å². The Morgan fingerprint density at radius 1 is 1.06 bits per heavy atom. The second-order valence-electron chi connectivity index (χ2n) is 3.62. The zero-order chi connectivity index (χ0) is 14.2. The Kier molecular flexibility index (Phi) is 7.04. The minimum atomic E-state index is -2.36. The molecule has 0 radical (unpaired) electrons. The lowest BCUT2D eigenvalue weighted by molar-refractivity contribution is -0.322. The van der Waals surface area contributed by atoms with Gasteiger partial charge in [0.05, 0.1) is 12.2 Å². The second kappa shape index (κ2) is 7.71. The van der Waals surface area contributed by atoms with Crippen molar-refractivity contribution in [3.63, 3.8) is 0 Å². The highest BCUT2D eigenvalue weighted by Crippen LogP contribution is 2.18. The summed E-state index contributed by atoms with van der Waals surface area (Å²) in [5.41, 5.74) is 0. The Morgan fingerprint density at radius 2 is 1.50 bits per heavy atom. The molecule has 0 heterocycles. The fourth-order valence-corrected chi connectivity index (χ4v) is 0.995. The van der Waals surface area contributed by atoms with E-state index in [-0.39, 0.29) is 25.0 Å². The van der Waals surface area contributed by atoms with Crippen LogP contribution in [0.5, 0.6) is 0 Å². The summed E-state index contributed by atoms with van der Waals surface area (Å²) in [6.07, 6.45) is 1.36. The first kappa shape index (κ1) is 16.4. The van der Waals surface area contributed by atoms with Gasteiger partial charge in [0.25, 0.3) is 0 Å². The van der Waals surface area contributed by atoms with Crippen LogP contribution in [0.4, 0.5) is 0 Å². The molecule has 18 heavy (non-hydrogen) atoms. The highest BCUT2D eigenvalue weighted by Gasteiger charge is 2.34. The van der Waals surface area contributed by atoms with Crippen LogP contribution in [0.25, 0.3) is 0 Å². The number of carbonyl (C=O) groups is 2. The number of rotatable bonds is 7. The Morgan fingerprint density at radius 3 is 1.83 bits per heavy atom. The molecule has 0 saturated heterocycles. The third-order valence-corrected chi connectivity index (χ3v) is 2.08. The van der Waals surface area contributed by atoms with E-state index in [0.717, 1.165) is 0 Å². The van der Waals surface area contributed by atoms with Crippen molar-refractivity contribution in [3.8, 4) is 0 Å². The molecule has 0 aliphatic rings. The summed E-state index contributed by atoms with van der Waals surface area (Å²) in [6, 6.07) is 0. The van der Waals surface area contributed by atoms with Gasteiger partial charge in [0.2, 0.25) is 0 Å². The predicted octanol–water partition coefficient (Wildman–Crippen LogP) is 1.78. The summed E-state index contributed by atoms with van der Waals surface area (Å²) in [6.45, 7) is 4.80. The first-order chi connectivity index (χ1) is 8.36. The minimum absolute atomic E-state index is 0.00789. The maximum atomic E-state index is 11.2. The van der Waals surface area contributed by atoms with Gasteiger partial charge in [0, 0.05) is 19.3 Å². The molecule has 6 heteroatoms. The monoisotopic (exact) mass is 260 g/mol. The standard InChI is InChI=1S/C12H20O6/c1-4-9(13)7-8-12(16,17-10(14)5-2)18-11(15)6-3/h7,13,16H,4-6,8H2,1-3H3/b9-7-. The third-order valence-electron chi connectivity index (χ3n) is 2.08. The normalized spacial score (nSPS) is 12.1. The van der Waals surface area contributed by atoms with Gasteiger partial charge >= 0.3 is 17.9 Å². The Labute approximate surface area is 106 Å². The van der Waals surface area contributed by atoms with Crippen LogP contribution >= 0.6 is 0 Å². The molecule has 0 atom stereocenters. The van der Waals surface area contributed by atoms with Crippen LogP contribution in [-0.4, -0.2) is 28.1 Å². The van der Waals surface area contributed by atoms with Crippen molar-refractivity contribution in [2.45, 2.75) is 52.4 Å². The summed E-state index contributed by atoms with van der Waals surface area (Å²) >= 11 is 0. The number of allylic oxidation sites excluding steroid dienone is 1. The van der Waals surface area contributed by atoms with E-state index in [2.05, 4.69) is 9.47 Å². The molecule has 0 aromatic rings. The molecule has 0 spiro atoms. The summed E-state index contributed by atoms with van der Waals surface area (Å²) in [4.78, 5) is 22.3. The van der Waals surface area contributed by atoms with E-state index in [1.807, 2.05) is 0 Å². The molecule has 0 bridgehead atoms. The Balaban J connectivity index is 4.78. The van der Waals surface area contributed by atoms with Crippen LogP contribution in [0.3, 0.4) is 0 Å². The lowest BCUT2D eigenvalue weighted by atomic mass is 10.2. The fourth-order valence-electron chi connectivity index (χ4n) is 0.995. The molecular formula is C12H20O6. The van der Waals surface area contributed by atoms with Gasteiger partial charge in [0.15, 0.2) is 0 Å². The van der Waals surface area contributed by atoms with Crippen LogP contribution in [0.1, 0.15) is 46.5 Å². The second-order valence-corrected chi connectivity index (χ2v) is 3.62. The van der Waals surface area contributed by atoms with Crippen LogP contribution < -0.4 is 0 Å². The van der Waals surface area contributed by atoms with Crippen molar-refractivity contribution in [2.24, 2.45) is 0 Å². The van der Waals surface area contributed by atoms with Gasteiger partial charge in [-0.05, 0) is 6.08 Å². The van der Waals surface area contributed by atoms with Gasteiger partial charge in [-0.2, -0.15) is 0 Å². The molecule has 104 valence electrons. The quantitative estimate of drug-likeness (QED) is 0.412. The summed E-state index contributed by atoms with van der Waals surface area (Å²) in [5.74, 6) is -3.76. The topological polar surface area (TPSA) is 93.1 Å². The lowest BCUT2D eigenvalue weighted by Crippen LogP contribution is -2.39.